The molecule has 0 N–H and O–H groups in total. The van der Waals surface area contributed by atoms with Gasteiger partial charge in [0.25, 0.3) is 0 Å². The summed E-state index contributed by atoms with van der Waals surface area (Å²) in [5.41, 5.74) is 0.650. The van der Waals surface area contributed by atoms with E-state index in [1.807, 2.05) is 6.07 Å². The van der Waals surface area contributed by atoms with E-state index in [-0.39, 0.29) is 5.82 Å². The first-order valence-electron chi connectivity index (χ1n) is 7.21. The highest BCUT2D eigenvalue weighted by Crippen LogP contribution is 2.10. The molecule has 0 heterocycles. The van der Waals surface area contributed by atoms with E-state index in [9.17, 15) is 4.39 Å². The Labute approximate surface area is 124 Å². The Morgan fingerprint density at radius 1 is 0.895 bits per heavy atom. The van der Waals surface area contributed by atoms with Gasteiger partial charge >= 0.3 is 0 Å². The highest BCUT2D eigenvalue weighted by molar-refractivity contribution is 9.09. The van der Waals surface area contributed by atoms with Crippen LogP contribution >= 0.6 is 15.9 Å². The Balaban J connectivity index is 1.90. The van der Waals surface area contributed by atoms with Crippen molar-refractivity contribution in [3.63, 3.8) is 0 Å². The lowest BCUT2D eigenvalue weighted by atomic mass is 10.1. The number of benzene rings is 1. The van der Waals surface area contributed by atoms with Crippen LogP contribution in [0.1, 0.15) is 50.5 Å². The van der Waals surface area contributed by atoms with E-state index in [1.165, 1.54) is 44.6 Å². The molecule has 0 spiro atoms. The van der Waals surface area contributed by atoms with Gasteiger partial charge in [0.05, 0.1) is 6.61 Å². The predicted molar refractivity (Wildman–Crippen MR) is 82.2 cm³/mol. The molecule has 108 valence electrons. The molecule has 0 saturated carbocycles. The molecule has 0 aliphatic rings. The summed E-state index contributed by atoms with van der Waals surface area (Å²) in [4.78, 5) is 0. The van der Waals surface area contributed by atoms with Crippen LogP contribution in [0.2, 0.25) is 0 Å². The Morgan fingerprint density at radius 2 is 1.53 bits per heavy atom. The van der Waals surface area contributed by atoms with Crippen LogP contribution in [0.3, 0.4) is 0 Å². The lowest BCUT2D eigenvalue weighted by Crippen LogP contribution is -1.97. The zero-order chi connectivity index (χ0) is 13.8. The summed E-state index contributed by atoms with van der Waals surface area (Å²) >= 11 is 3.44. The minimum Gasteiger partial charge on any atom is -0.377 e. The van der Waals surface area contributed by atoms with Crippen molar-refractivity contribution in [1.82, 2.24) is 0 Å². The van der Waals surface area contributed by atoms with E-state index >= 15 is 0 Å². The number of alkyl halides is 1. The summed E-state index contributed by atoms with van der Waals surface area (Å²) in [5, 5.41) is 1.12. The van der Waals surface area contributed by atoms with Gasteiger partial charge in [-0.2, -0.15) is 0 Å². The monoisotopic (exact) mass is 330 g/mol. The van der Waals surface area contributed by atoms with Crippen LogP contribution in [-0.2, 0) is 11.3 Å². The van der Waals surface area contributed by atoms with Crippen LogP contribution in [0.25, 0.3) is 0 Å². The fraction of sp³-hybridized carbons (Fsp3) is 0.625. The third-order valence-electron chi connectivity index (χ3n) is 3.14. The quantitative estimate of drug-likeness (QED) is 0.386. The molecule has 3 heteroatoms. The zero-order valence-electron chi connectivity index (χ0n) is 11.5. The fourth-order valence-electron chi connectivity index (χ4n) is 1.98. The second-order valence-corrected chi connectivity index (χ2v) is 5.60. The predicted octanol–water partition coefficient (Wildman–Crippen LogP) is 5.47. The van der Waals surface area contributed by atoms with Crippen molar-refractivity contribution in [2.24, 2.45) is 0 Å². The summed E-state index contributed by atoms with van der Waals surface area (Å²) in [5.74, 6) is -0.172. The van der Waals surface area contributed by atoms with E-state index in [2.05, 4.69) is 15.9 Å². The van der Waals surface area contributed by atoms with E-state index in [0.29, 0.717) is 12.2 Å². The Kier molecular flexibility index (Phi) is 10.0. The molecular formula is C16H24BrFO. The number of unbranched alkanes of at least 4 members (excludes halogenated alkanes) is 6. The van der Waals surface area contributed by atoms with Crippen LogP contribution in [0.5, 0.6) is 0 Å². The maximum absolute atomic E-state index is 13.3. The molecule has 0 aliphatic carbocycles. The van der Waals surface area contributed by atoms with E-state index in [0.717, 1.165) is 18.4 Å². The summed E-state index contributed by atoms with van der Waals surface area (Å²) in [6, 6.07) is 6.80. The van der Waals surface area contributed by atoms with Gasteiger partial charge in [-0.1, -0.05) is 66.2 Å². The van der Waals surface area contributed by atoms with E-state index in [4.69, 9.17) is 4.74 Å². The number of hydrogen-bond donors (Lipinski definition) is 0. The molecule has 0 bridgehead atoms. The van der Waals surface area contributed by atoms with Crippen molar-refractivity contribution < 1.29 is 9.13 Å². The van der Waals surface area contributed by atoms with Crippen molar-refractivity contribution in [1.29, 1.82) is 0 Å². The van der Waals surface area contributed by atoms with Gasteiger partial charge in [0.1, 0.15) is 5.82 Å². The lowest BCUT2D eigenvalue weighted by Gasteiger charge is -2.05. The lowest BCUT2D eigenvalue weighted by molar-refractivity contribution is 0.114. The average Bonchev–Trinajstić information content (AvgIpc) is 2.43. The average molecular weight is 331 g/mol. The molecule has 0 fully saturated rings. The van der Waals surface area contributed by atoms with Crippen LogP contribution in [0, 0.1) is 5.82 Å². The highest BCUT2D eigenvalue weighted by Gasteiger charge is 1.99. The molecule has 1 rings (SSSR count). The molecule has 0 aliphatic heterocycles. The molecule has 19 heavy (non-hydrogen) atoms. The molecule has 0 aromatic heterocycles. The first-order chi connectivity index (χ1) is 9.34. The third kappa shape index (κ3) is 8.38. The fourth-order valence-corrected chi connectivity index (χ4v) is 2.38. The summed E-state index contributed by atoms with van der Waals surface area (Å²) in [6.45, 7) is 1.12. The smallest absolute Gasteiger partial charge is 0.128 e. The maximum Gasteiger partial charge on any atom is 0.128 e. The minimum atomic E-state index is -0.172. The van der Waals surface area contributed by atoms with Crippen molar-refractivity contribution >= 4 is 15.9 Å². The summed E-state index contributed by atoms with van der Waals surface area (Å²) in [7, 11) is 0. The molecule has 0 radical (unpaired) electrons. The van der Waals surface area contributed by atoms with Gasteiger partial charge in [-0.15, -0.1) is 0 Å². The van der Waals surface area contributed by atoms with Crippen molar-refractivity contribution in [3.05, 3.63) is 35.6 Å². The molecule has 0 atom stereocenters. The van der Waals surface area contributed by atoms with Crippen molar-refractivity contribution in [3.8, 4) is 0 Å². The first-order valence-corrected chi connectivity index (χ1v) is 8.34. The molecule has 0 saturated heterocycles. The second kappa shape index (κ2) is 11.4. The minimum absolute atomic E-state index is 0.172. The number of halogens is 2. The van der Waals surface area contributed by atoms with Gasteiger partial charge in [0, 0.05) is 17.5 Å². The zero-order valence-corrected chi connectivity index (χ0v) is 13.1. The number of ether oxygens (including phenoxy) is 1. The normalized spacial score (nSPS) is 10.8. The highest BCUT2D eigenvalue weighted by atomic mass is 79.9. The van der Waals surface area contributed by atoms with Crippen molar-refractivity contribution in [2.45, 2.75) is 51.6 Å². The van der Waals surface area contributed by atoms with Gasteiger partial charge in [0.2, 0.25) is 0 Å². The van der Waals surface area contributed by atoms with Gasteiger partial charge < -0.3 is 4.74 Å². The van der Waals surface area contributed by atoms with Crippen LogP contribution in [0.4, 0.5) is 4.39 Å². The van der Waals surface area contributed by atoms with Gasteiger partial charge in [-0.25, -0.2) is 4.39 Å². The molecule has 0 amide bonds. The van der Waals surface area contributed by atoms with E-state index in [1.54, 1.807) is 12.1 Å². The Bertz CT molecular complexity index is 330. The van der Waals surface area contributed by atoms with Crippen LogP contribution < -0.4 is 0 Å². The summed E-state index contributed by atoms with van der Waals surface area (Å²) < 4.78 is 18.8. The third-order valence-corrected chi connectivity index (χ3v) is 3.70. The maximum atomic E-state index is 13.3. The molecule has 1 aromatic carbocycles. The summed E-state index contributed by atoms with van der Waals surface area (Å²) in [6.07, 6.45) is 8.84. The van der Waals surface area contributed by atoms with Crippen LogP contribution in [-0.4, -0.2) is 11.9 Å². The number of hydrogen-bond acceptors (Lipinski definition) is 1. The Morgan fingerprint density at radius 3 is 2.21 bits per heavy atom. The second-order valence-electron chi connectivity index (χ2n) is 4.81. The van der Waals surface area contributed by atoms with Gasteiger partial charge in [0.15, 0.2) is 0 Å². The van der Waals surface area contributed by atoms with E-state index < -0.39 is 0 Å². The topological polar surface area (TPSA) is 9.23 Å². The van der Waals surface area contributed by atoms with Crippen molar-refractivity contribution in [2.75, 3.05) is 11.9 Å². The standard InChI is InChI=1S/C16H24BrFO/c17-12-8-4-2-1-3-5-9-13-19-14-15-10-6-7-11-16(15)18/h6-7,10-11H,1-5,8-9,12-14H2. The molecule has 1 aromatic rings. The van der Waals surface area contributed by atoms with Gasteiger partial charge in [-0.05, 0) is 18.9 Å². The largest absolute Gasteiger partial charge is 0.377 e. The SMILES string of the molecule is Fc1ccccc1COCCCCCCCCCBr. The van der Waals surface area contributed by atoms with Gasteiger partial charge in [-0.3, -0.25) is 0 Å². The van der Waals surface area contributed by atoms with Crippen LogP contribution in [0.15, 0.2) is 24.3 Å². The number of rotatable bonds is 11. The Hall–Kier alpha value is -0.410. The molecule has 1 nitrogen and oxygen atoms in total. The molecule has 0 unspecified atom stereocenters. The molecular weight excluding hydrogens is 307 g/mol. The first kappa shape index (κ1) is 16.6.